The van der Waals surface area contributed by atoms with Crippen molar-refractivity contribution in [2.45, 2.75) is 33.1 Å². The molecule has 0 amide bonds. The minimum absolute atomic E-state index is 0.0609. The van der Waals surface area contributed by atoms with Crippen molar-refractivity contribution < 1.29 is 4.42 Å². The molecule has 74 valence electrons. The standard InChI is InChI=1S/C11H14N2O/c1-7-5-6-8-9(12-7)14-10(13-8)11(2,3)4/h5-6H,1-4H3. The van der Waals surface area contributed by atoms with E-state index < -0.39 is 0 Å². The Labute approximate surface area is 83.2 Å². The Balaban J connectivity index is 2.63. The quantitative estimate of drug-likeness (QED) is 0.641. The number of rotatable bonds is 0. The van der Waals surface area contributed by atoms with Crippen LogP contribution in [0.3, 0.4) is 0 Å². The zero-order chi connectivity index (χ0) is 10.3. The first kappa shape index (κ1) is 9.19. The maximum atomic E-state index is 5.59. The molecule has 3 nitrogen and oxygen atoms in total. The number of hydrogen-bond donors (Lipinski definition) is 0. The van der Waals surface area contributed by atoms with E-state index in [2.05, 4.69) is 30.7 Å². The summed E-state index contributed by atoms with van der Waals surface area (Å²) in [5.41, 5.74) is 2.36. The van der Waals surface area contributed by atoms with Gasteiger partial charge in [-0.25, -0.2) is 9.97 Å². The number of nitrogens with zero attached hydrogens (tertiary/aromatic N) is 2. The van der Waals surface area contributed by atoms with E-state index >= 15 is 0 Å². The fraction of sp³-hybridized carbons (Fsp3) is 0.455. The average Bonchev–Trinajstić information content (AvgIpc) is 2.45. The number of hydrogen-bond acceptors (Lipinski definition) is 3. The number of pyridine rings is 1. The lowest BCUT2D eigenvalue weighted by atomic mass is 9.97. The molecule has 0 aromatic carbocycles. The number of aryl methyl sites for hydroxylation is 1. The monoisotopic (exact) mass is 190 g/mol. The first-order valence-corrected chi connectivity index (χ1v) is 4.71. The summed E-state index contributed by atoms with van der Waals surface area (Å²) >= 11 is 0. The number of aromatic nitrogens is 2. The summed E-state index contributed by atoms with van der Waals surface area (Å²) in [5.74, 6) is 0.741. The van der Waals surface area contributed by atoms with Crippen molar-refractivity contribution >= 4 is 11.2 Å². The maximum absolute atomic E-state index is 5.59. The van der Waals surface area contributed by atoms with E-state index in [1.54, 1.807) is 0 Å². The molecule has 0 atom stereocenters. The molecular formula is C11H14N2O. The molecule has 0 bridgehead atoms. The molecule has 0 radical (unpaired) electrons. The minimum Gasteiger partial charge on any atom is -0.422 e. The number of fused-ring (bicyclic) bond motifs is 1. The summed E-state index contributed by atoms with van der Waals surface area (Å²) in [6.45, 7) is 8.17. The predicted octanol–water partition coefficient (Wildman–Crippen LogP) is 2.83. The van der Waals surface area contributed by atoms with E-state index in [0.29, 0.717) is 5.71 Å². The zero-order valence-electron chi connectivity index (χ0n) is 8.96. The van der Waals surface area contributed by atoms with Gasteiger partial charge >= 0.3 is 0 Å². The summed E-state index contributed by atoms with van der Waals surface area (Å²) < 4.78 is 5.59. The van der Waals surface area contributed by atoms with Gasteiger partial charge in [-0.2, -0.15) is 0 Å². The molecule has 0 aliphatic heterocycles. The van der Waals surface area contributed by atoms with Crippen molar-refractivity contribution in [1.82, 2.24) is 9.97 Å². The fourth-order valence-corrected chi connectivity index (χ4v) is 1.23. The van der Waals surface area contributed by atoms with Crippen LogP contribution in [0.1, 0.15) is 32.4 Å². The molecule has 0 N–H and O–H groups in total. The summed E-state index contributed by atoms with van der Waals surface area (Å²) in [6.07, 6.45) is 0. The molecule has 2 aromatic heterocycles. The second kappa shape index (κ2) is 2.80. The molecule has 0 saturated heterocycles. The van der Waals surface area contributed by atoms with Crippen molar-refractivity contribution in [2.24, 2.45) is 0 Å². The zero-order valence-corrected chi connectivity index (χ0v) is 8.96. The molecule has 2 heterocycles. The van der Waals surface area contributed by atoms with Gasteiger partial charge in [-0.1, -0.05) is 20.8 Å². The summed E-state index contributed by atoms with van der Waals surface area (Å²) in [6, 6.07) is 3.88. The van der Waals surface area contributed by atoms with Crippen LogP contribution in [-0.4, -0.2) is 9.97 Å². The summed E-state index contributed by atoms with van der Waals surface area (Å²) in [7, 11) is 0. The Bertz CT molecular complexity index is 466. The fourth-order valence-electron chi connectivity index (χ4n) is 1.23. The highest BCUT2D eigenvalue weighted by atomic mass is 16.4. The Morgan fingerprint density at radius 2 is 1.86 bits per heavy atom. The Hall–Kier alpha value is -1.38. The van der Waals surface area contributed by atoms with Gasteiger partial charge in [0.1, 0.15) is 5.52 Å². The van der Waals surface area contributed by atoms with E-state index in [-0.39, 0.29) is 5.41 Å². The van der Waals surface area contributed by atoms with Crippen LogP contribution in [-0.2, 0) is 5.41 Å². The molecule has 0 fully saturated rings. The van der Waals surface area contributed by atoms with Crippen LogP contribution >= 0.6 is 0 Å². The molecule has 2 rings (SSSR count). The van der Waals surface area contributed by atoms with Gasteiger partial charge in [0.05, 0.1) is 0 Å². The Morgan fingerprint density at radius 3 is 2.50 bits per heavy atom. The van der Waals surface area contributed by atoms with Crippen molar-refractivity contribution in [3.05, 3.63) is 23.7 Å². The van der Waals surface area contributed by atoms with Gasteiger partial charge in [0.2, 0.25) is 11.6 Å². The van der Waals surface area contributed by atoms with E-state index in [0.717, 1.165) is 17.1 Å². The smallest absolute Gasteiger partial charge is 0.247 e. The normalized spacial score (nSPS) is 12.3. The molecule has 0 spiro atoms. The van der Waals surface area contributed by atoms with Crippen LogP contribution in [0, 0.1) is 6.92 Å². The van der Waals surface area contributed by atoms with Gasteiger partial charge in [-0.15, -0.1) is 0 Å². The van der Waals surface area contributed by atoms with Crippen molar-refractivity contribution in [3.63, 3.8) is 0 Å². The largest absolute Gasteiger partial charge is 0.422 e. The lowest BCUT2D eigenvalue weighted by molar-refractivity contribution is 0.407. The lowest BCUT2D eigenvalue weighted by Gasteiger charge is -2.11. The molecule has 0 aliphatic carbocycles. The van der Waals surface area contributed by atoms with Crippen LogP contribution in [0.5, 0.6) is 0 Å². The van der Waals surface area contributed by atoms with Crippen LogP contribution in [0.15, 0.2) is 16.5 Å². The molecule has 0 saturated carbocycles. The molecule has 3 heteroatoms. The second-order valence-electron chi connectivity index (χ2n) is 4.55. The van der Waals surface area contributed by atoms with Crippen LogP contribution in [0.25, 0.3) is 11.2 Å². The van der Waals surface area contributed by atoms with Crippen molar-refractivity contribution in [2.75, 3.05) is 0 Å². The third-order valence-corrected chi connectivity index (χ3v) is 2.04. The SMILES string of the molecule is Cc1ccc2nc(C(C)(C)C)oc2n1. The summed E-state index contributed by atoms with van der Waals surface area (Å²) in [5, 5.41) is 0. The van der Waals surface area contributed by atoms with Crippen molar-refractivity contribution in [3.8, 4) is 0 Å². The predicted molar refractivity (Wildman–Crippen MR) is 55.2 cm³/mol. The molecule has 2 aromatic rings. The molecule has 14 heavy (non-hydrogen) atoms. The maximum Gasteiger partial charge on any atom is 0.247 e. The molecule has 0 unspecified atom stereocenters. The Kier molecular flexibility index (Phi) is 1.84. The van der Waals surface area contributed by atoms with Gasteiger partial charge in [0.25, 0.3) is 0 Å². The van der Waals surface area contributed by atoms with E-state index in [1.165, 1.54) is 0 Å². The van der Waals surface area contributed by atoms with E-state index in [9.17, 15) is 0 Å². The third-order valence-electron chi connectivity index (χ3n) is 2.04. The van der Waals surface area contributed by atoms with Gasteiger partial charge in [0.15, 0.2) is 0 Å². The highest BCUT2D eigenvalue weighted by molar-refractivity contribution is 5.68. The third kappa shape index (κ3) is 1.50. The summed E-state index contributed by atoms with van der Waals surface area (Å²) in [4.78, 5) is 8.68. The highest BCUT2D eigenvalue weighted by Crippen LogP contribution is 2.24. The second-order valence-corrected chi connectivity index (χ2v) is 4.55. The molecule has 0 aliphatic rings. The first-order chi connectivity index (χ1) is 6.47. The number of oxazole rings is 1. The minimum atomic E-state index is -0.0609. The van der Waals surface area contributed by atoms with E-state index in [4.69, 9.17) is 4.42 Å². The van der Waals surface area contributed by atoms with Crippen LogP contribution in [0.4, 0.5) is 0 Å². The first-order valence-electron chi connectivity index (χ1n) is 4.71. The van der Waals surface area contributed by atoms with Gasteiger partial charge in [-0.3, -0.25) is 0 Å². The topological polar surface area (TPSA) is 38.9 Å². The lowest BCUT2D eigenvalue weighted by Crippen LogP contribution is -2.10. The molecular weight excluding hydrogens is 176 g/mol. The Morgan fingerprint density at radius 1 is 1.14 bits per heavy atom. The van der Waals surface area contributed by atoms with Crippen LogP contribution in [0.2, 0.25) is 0 Å². The van der Waals surface area contributed by atoms with Crippen molar-refractivity contribution in [1.29, 1.82) is 0 Å². The van der Waals surface area contributed by atoms with Gasteiger partial charge < -0.3 is 4.42 Å². The van der Waals surface area contributed by atoms with Crippen LogP contribution < -0.4 is 0 Å². The van der Waals surface area contributed by atoms with E-state index in [1.807, 2.05) is 19.1 Å². The van der Waals surface area contributed by atoms with Gasteiger partial charge in [-0.05, 0) is 19.1 Å². The van der Waals surface area contributed by atoms with Gasteiger partial charge in [0, 0.05) is 11.1 Å². The average molecular weight is 190 g/mol. The highest BCUT2D eigenvalue weighted by Gasteiger charge is 2.21.